The van der Waals surface area contributed by atoms with Crippen LogP contribution in [0, 0.1) is 0 Å². The molecule has 206 valence electrons. The molecule has 0 atom stereocenters. The molecule has 1 heterocycles. The van der Waals surface area contributed by atoms with Gasteiger partial charge in [-0.25, -0.2) is 0 Å². The van der Waals surface area contributed by atoms with Crippen molar-refractivity contribution in [2.45, 2.75) is 0 Å². The van der Waals surface area contributed by atoms with Gasteiger partial charge in [-0.1, -0.05) is 140 Å². The van der Waals surface area contributed by atoms with Gasteiger partial charge in [0.05, 0.1) is 0 Å². The Morgan fingerprint density at radius 1 is 0.295 bits per heavy atom. The molecule has 0 radical (unpaired) electrons. The standard InChI is InChI=1S/C42H26O2/c1-2-12-28(13-3-1)40-31-15-5-7-17-33(31)41(34-18-8-6-16-32(34)40)29-24-22-27(23-25-29)36-26-39-42(35-19-9-4-14-30(35)36)44-38-21-11-10-20-37(38)43-39/h1-26H. The third kappa shape index (κ3) is 3.82. The van der Waals surface area contributed by atoms with Gasteiger partial charge in [-0.15, -0.1) is 0 Å². The average molecular weight is 563 g/mol. The van der Waals surface area contributed by atoms with E-state index in [0.29, 0.717) is 0 Å². The van der Waals surface area contributed by atoms with Crippen LogP contribution >= 0.6 is 0 Å². The molecule has 9 rings (SSSR count). The first-order valence-corrected chi connectivity index (χ1v) is 14.9. The van der Waals surface area contributed by atoms with Crippen molar-refractivity contribution in [3.63, 3.8) is 0 Å². The lowest BCUT2D eigenvalue weighted by atomic mass is 9.85. The summed E-state index contributed by atoms with van der Waals surface area (Å²) in [5.41, 5.74) is 7.20. The third-order valence-corrected chi connectivity index (χ3v) is 8.72. The molecule has 0 fully saturated rings. The highest BCUT2D eigenvalue weighted by Gasteiger charge is 2.23. The molecule has 1 aliphatic heterocycles. The van der Waals surface area contributed by atoms with Gasteiger partial charge in [0.1, 0.15) is 0 Å². The third-order valence-electron chi connectivity index (χ3n) is 8.72. The van der Waals surface area contributed by atoms with E-state index in [1.54, 1.807) is 0 Å². The van der Waals surface area contributed by atoms with Crippen LogP contribution in [0.2, 0.25) is 0 Å². The Bertz CT molecular complexity index is 2310. The maximum atomic E-state index is 6.36. The molecule has 0 unspecified atom stereocenters. The fourth-order valence-electron chi connectivity index (χ4n) is 6.76. The predicted molar refractivity (Wildman–Crippen MR) is 182 cm³/mol. The second-order valence-corrected chi connectivity index (χ2v) is 11.2. The van der Waals surface area contributed by atoms with Gasteiger partial charge in [-0.2, -0.15) is 0 Å². The zero-order valence-electron chi connectivity index (χ0n) is 23.8. The largest absolute Gasteiger partial charge is 0.449 e. The summed E-state index contributed by atoms with van der Waals surface area (Å²) >= 11 is 0. The van der Waals surface area contributed by atoms with Crippen LogP contribution < -0.4 is 9.47 Å². The number of fused-ring (bicyclic) bond motifs is 6. The maximum absolute atomic E-state index is 6.36. The minimum absolute atomic E-state index is 0.731. The minimum atomic E-state index is 0.731. The van der Waals surface area contributed by atoms with Crippen LogP contribution in [0.1, 0.15) is 0 Å². The van der Waals surface area contributed by atoms with Gasteiger partial charge in [-0.3, -0.25) is 0 Å². The van der Waals surface area contributed by atoms with E-state index in [2.05, 4.69) is 133 Å². The van der Waals surface area contributed by atoms with Crippen molar-refractivity contribution in [1.82, 2.24) is 0 Å². The fraction of sp³-hybridized carbons (Fsp3) is 0. The van der Waals surface area contributed by atoms with Crippen LogP contribution in [0.25, 0.3) is 65.7 Å². The molecule has 0 saturated heterocycles. The molecular weight excluding hydrogens is 536 g/mol. The molecule has 0 aromatic heterocycles. The lowest BCUT2D eigenvalue weighted by Gasteiger charge is -2.23. The van der Waals surface area contributed by atoms with Gasteiger partial charge < -0.3 is 9.47 Å². The van der Waals surface area contributed by atoms with Crippen molar-refractivity contribution >= 4 is 32.3 Å². The molecule has 2 heteroatoms. The Morgan fingerprint density at radius 3 is 1.32 bits per heavy atom. The first-order chi connectivity index (χ1) is 21.8. The Labute approximate surface area is 255 Å². The Balaban J connectivity index is 1.22. The molecule has 0 saturated carbocycles. The zero-order chi connectivity index (χ0) is 29.0. The van der Waals surface area contributed by atoms with E-state index < -0.39 is 0 Å². The summed E-state index contributed by atoms with van der Waals surface area (Å²) in [5, 5.41) is 7.18. The van der Waals surface area contributed by atoms with E-state index in [0.717, 1.165) is 44.9 Å². The molecule has 0 N–H and O–H groups in total. The average Bonchev–Trinajstić information content (AvgIpc) is 3.10. The lowest BCUT2D eigenvalue weighted by molar-refractivity contribution is 0.363. The van der Waals surface area contributed by atoms with Crippen molar-refractivity contribution in [3.8, 4) is 56.4 Å². The van der Waals surface area contributed by atoms with Gasteiger partial charge in [0.15, 0.2) is 23.0 Å². The number of para-hydroxylation sites is 2. The molecule has 0 spiro atoms. The SMILES string of the molecule is c1ccc(-c2c3ccccc3c(-c3ccc(-c4cc5c(c6ccccc46)Oc4ccccc4O5)cc3)c3ccccc23)cc1. The first-order valence-electron chi connectivity index (χ1n) is 14.9. The summed E-state index contributed by atoms with van der Waals surface area (Å²) < 4.78 is 12.7. The molecule has 44 heavy (non-hydrogen) atoms. The van der Waals surface area contributed by atoms with Gasteiger partial charge in [0.25, 0.3) is 0 Å². The number of ether oxygens (including phenoxy) is 2. The highest BCUT2D eigenvalue weighted by molar-refractivity contribution is 6.21. The van der Waals surface area contributed by atoms with Crippen LogP contribution in [-0.4, -0.2) is 0 Å². The highest BCUT2D eigenvalue weighted by atomic mass is 16.6. The summed E-state index contributed by atoms with van der Waals surface area (Å²) in [6.45, 7) is 0. The molecule has 0 bridgehead atoms. The second-order valence-electron chi connectivity index (χ2n) is 11.2. The van der Waals surface area contributed by atoms with Crippen LogP contribution in [0.3, 0.4) is 0 Å². The van der Waals surface area contributed by atoms with Gasteiger partial charge in [0.2, 0.25) is 0 Å². The summed E-state index contributed by atoms with van der Waals surface area (Å²) in [6, 6.07) is 55.6. The van der Waals surface area contributed by atoms with Gasteiger partial charge in [-0.05, 0) is 78.5 Å². The lowest BCUT2D eigenvalue weighted by Crippen LogP contribution is -2.00. The predicted octanol–water partition coefficient (Wildman–Crippen LogP) is 12.0. The van der Waals surface area contributed by atoms with Gasteiger partial charge in [0, 0.05) is 5.39 Å². The quantitative estimate of drug-likeness (QED) is 0.199. The van der Waals surface area contributed by atoms with Gasteiger partial charge >= 0.3 is 0 Å². The molecule has 8 aromatic rings. The topological polar surface area (TPSA) is 18.5 Å². The van der Waals surface area contributed by atoms with Crippen molar-refractivity contribution in [2.75, 3.05) is 0 Å². The zero-order valence-corrected chi connectivity index (χ0v) is 23.8. The number of hydrogen-bond donors (Lipinski definition) is 0. The second kappa shape index (κ2) is 9.86. The summed E-state index contributed by atoms with van der Waals surface area (Å²) in [7, 11) is 0. The van der Waals surface area contributed by atoms with Crippen molar-refractivity contribution in [1.29, 1.82) is 0 Å². The Hall–Kier alpha value is -5.86. The number of benzene rings is 8. The van der Waals surface area contributed by atoms with Crippen LogP contribution in [0.5, 0.6) is 23.0 Å². The van der Waals surface area contributed by atoms with E-state index in [4.69, 9.17) is 9.47 Å². The maximum Gasteiger partial charge on any atom is 0.177 e. The highest BCUT2D eigenvalue weighted by Crippen LogP contribution is 2.51. The molecule has 1 aliphatic rings. The summed E-state index contributed by atoms with van der Waals surface area (Å²) in [6.07, 6.45) is 0. The molecule has 0 aliphatic carbocycles. The van der Waals surface area contributed by atoms with E-state index in [1.807, 2.05) is 24.3 Å². The van der Waals surface area contributed by atoms with Crippen molar-refractivity contribution in [2.24, 2.45) is 0 Å². The van der Waals surface area contributed by atoms with Crippen LogP contribution in [-0.2, 0) is 0 Å². The van der Waals surface area contributed by atoms with Crippen molar-refractivity contribution < 1.29 is 9.47 Å². The summed E-state index contributed by atoms with van der Waals surface area (Å²) in [5.74, 6) is 2.96. The first kappa shape index (κ1) is 24.7. The molecular formula is C42H26O2. The monoisotopic (exact) mass is 562 g/mol. The number of hydrogen-bond acceptors (Lipinski definition) is 2. The Kier molecular flexibility index (Phi) is 5.54. The number of rotatable bonds is 3. The Morgan fingerprint density at radius 2 is 0.727 bits per heavy atom. The molecule has 2 nitrogen and oxygen atoms in total. The van der Waals surface area contributed by atoms with E-state index in [1.165, 1.54) is 43.8 Å². The van der Waals surface area contributed by atoms with E-state index in [9.17, 15) is 0 Å². The summed E-state index contributed by atoms with van der Waals surface area (Å²) in [4.78, 5) is 0. The molecule has 8 aromatic carbocycles. The van der Waals surface area contributed by atoms with Crippen LogP contribution in [0.4, 0.5) is 0 Å². The van der Waals surface area contributed by atoms with E-state index in [-0.39, 0.29) is 0 Å². The minimum Gasteiger partial charge on any atom is -0.449 e. The normalized spacial score (nSPS) is 12.0. The van der Waals surface area contributed by atoms with E-state index >= 15 is 0 Å². The van der Waals surface area contributed by atoms with Crippen LogP contribution in [0.15, 0.2) is 158 Å². The van der Waals surface area contributed by atoms with Crippen molar-refractivity contribution in [3.05, 3.63) is 158 Å². The molecule has 0 amide bonds. The smallest absolute Gasteiger partial charge is 0.177 e. The fourth-order valence-corrected chi connectivity index (χ4v) is 6.76.